The molecule has 1 aromatic heterocycles. The van der Waals surface area contributed by atoms with E-state index in [-0.39, 0.29) is 12.2 Å². The third-order valence-corrected chi connectivity index (χ3v) is 7.10. The Morgan fingerprint density at radius 3 is 2.69 bits per heavy atom. The van der Waals surface area contributed by atoms with Gasteiger partial charge in [-0.25, -0.2) is 9.79 Å². The molecule has 9 heteroatoms. The van der Waals surface area contributed by atoms with Crippen LogP contribution < -0.4 is 24.4 Å². The number of rotatable bonds is 8. The van der Waals surface area contributed by atoms with E-state index in [9.17, 15) is 9.59 Å². The molecule has 2 aromatic carbocycles. The van der Waals surface area contributed by atoms with Gasteiger partial charge < -0.3 is 14.2 Å². The topological polar surface area (TPSA) is 79.1 Å². The van der Waals surface area contributed by atoms with Crippen LogP contribution in [0.25, 0.3) is 6.08 Å². The Hall–Kier alpha value is -3.43. The molecule has 0 bridgehead atoms. The molecule has 4 rings (SSSR count). The first-order valence-corrected chi connectivity index (χ1v) is 12.9. The number of benzene rings is 2. The summed E-state index contributed by atoms with van der Waals surface area (Å²) < 4.78 is 19.3. The molecule has 1 aliphatic heterocycles. The zero-order valence-corrected chi connectivity index (χ0v) is 22.5. The van der Waals surface area contributed by atoms with E-state index in [2.05, 4.69) is 27.5 Å². The van der Waals surface area contributed by atoms with Crippen molar-refractivity contribution in [2.24, 2.45) is 4.99 Å². The fraction of sp³-hybridized carbons (Fsp3) is 0.222. The predicted molar refractivity (Wildman–Crippen MR) is 143 cm³/mol. The molecule has 0 N–H and O–H groups in total. The summed E-state index contributed by atoms with van der Waals surface area (Å²) in [4.78, 5) is 31.8. The minimum absolute atomic E-state index is 0.227. The third kappa shape index (κ3) is 4.94. The Bertz CT molecular complexity index is 1520. The summed E-state index contributed by atoms with van der Waals surface area (Å²) in [5, 5.41) is 0. The van der Waals surface area contributed by atoms with Crippen LogP contribution in [0.15, 0.2) is 80.6 Å². The second-order valence-electron chi connectivity index (χ2n) is 7.85. The summed E-state index contributed by atoms with van der Waals surface area (Å²) in [5.74, 6) is 0.591. The highest BCUT2D eigenvalue weighted by molar-refractivity contribution is 9.10. The molecule has 0 amide bonds. The number of hydrogen-bond donors (Lipinski definition) is 0. The minimum atomic E-state index is -0.639. The molecule has 0 saturated heterocycles. The zero-order valence-electron chi connectivity index (χ0n) is 20.1. The van der Waals surface area contributed by atoms with Gasteiger partial charge in [0.15, 0.2) is 16.3 Å². The summed E-state index contributed by atoms with van der Waals surface area (Å²) in [5.41, 5.74) is 2.19. The van der Waals surface area contributed by atoms with E-state index in [1.165, 1.54) is 11.3 Å². The lowest BCUT2D eigenvalue weighted by atomic mass is 9.96. The second kappa shape index (κ2) is 11.1. The zero-order chi connectivity index (χ0) is 25.8. The molecule has 0 spiro atoms. The number of hydrogen-bond acceptors (Lipinski definition) is 7. The highest BCUT2D eigenvalue weighted by Crippen LogP contribution is 2.37. The summed E-state index contributed by atoms with van der Waals surface area (Å²) in [6, 6.07) is 12.4. The number of aromatic nitrogens is 1. The van der Waals surface area contributed by atoms with E-state index >= 15 is 0 Å². The number of halogens is 1. The number of methoxy groups -OCH3 is 1. The molecule has 36 heavy (non-hydrogen) atoms. The molecule has 0 aliphatic carbocycles. The van der Waals surface area contributed by atoms with Crippen LogP contribution in [0.3, 0.4) is 0 Å². The van der Waals surface area contributed by atoms with Crippen LogP contribution in [0.1, 0.15) is 31.0 Å². The number of ether oxygens (including phenoxy) is 3. The van der Waals surface area contributed by atoms with Gasteiger partial charge in [0.2, 0.25) is 0 Å². The maximum absolute atomic E-state index is 13.7. The third-order valence-electron chi connectivity index (χ3n) is 5.53. The van der Waals surface area contributed by atoms with Crippen LogP contribution >= 0.6 is 27.3 Å². The average molecular weight is 569 g/mol. The van der Waals surface area contributed by atoms with Crippen molar-refractivity contribution in [1.82, 2.24) is 4.57 Å². The van der Waals surface area contributed by atoms with Crippen LogP contribution in [0.5, 0.6) is 11.5 Å². The number of esters is 1. The Morgan fingerprint density at radius 1 is 1.28 bits per heavy atom. The summed E-state index contributed by atoms with van der Waals surface area (Å²) in [6.45, 7) is 7.74. The fourth-order valence-corrected chi connectivity index (χ4v) is 5.62. The van der Waals surface area contributed by atoms with Gasteiger partial charge in [-0.3, -0.25) is 9.36 Å². The van der Waals surface area contributed by atoms with E-state index < -0.39 is 12.0 Å². The lowest BCUT2D eigenvalue weighted by molar-refractivity contribution is -0.139. The van der Waals surface area contributed by atoms with Crippen molar-refractivity contribution in [3.05, 3.63) is 102 Å². The molecule has 3 aromatic rings. The van der Waals surface area contributed by atoms with Crippen LogP contribution in [-0.4, -0.2) is 30.9 Å². The van der Waals surface area contributed by atoms with Gasteiger partial charge in [-0.1, -0.05) is 54.3 Å². The summed E-state index contributed by atoms with van der Waals surface area (Å²) in [6.07, 6.45) is 3.43. The van der Waals surface area contributed by atoms with E-state index in [0.29, 0.717) is 43.2 Å². The number of carbonyl (C=O) groups excluding carboxylic acids is 1. The largest absolute Gasteiger partial charge is 0.493 e. The van der Waals surface area contributed by atoms with E-state index in [1.807, 2.05) is 36.4 Å². The van der Waals surface area contributed by atoms with Crippen LogP contribution in [0.4, 0.5) is 0 Å². The Balaban J connectivity index is 1.89. The maximum Gasteiger partial charge on any atom is 0.338 e. The van der Waals surface area contributed by atoms with Crippen molar-refractivity contribution < 1.29 is 19.0 Å². The molecule has 7 nitrogen and oxygen atoms in total. The minimum Gasteiger partial charge on any atom is -0.493 e. The molecule has 0 radical (unpaired) electrons. The molecule has 1 atom stereocenters. The van der Waals surface area contributed by atoms with Gasteiger partial charge in [0.1, 0.15) is 6.61 Å². The number of carbonyl (C=O) groups is 1. The smallest absolute Gasteiger partial charge is 0.338 e. The highest BCUT2D eigenvalue weighted by Gasteiger charge is 2.33. The predicted octanol–water partition coefficient (Wildman–Crippen LogP) is 4.13. The van der Waals surface area contributed by atoms with Crippen LogP contribution in [-0.2, 0) is 9.53 Å². The molecule has 186 valence electrons. The maximum atomic E-state index is 13.7. The van der Waals surface area contributed by atoms with Crippen molar-refractivity contribution in [3.63, 3.8) is 0 Å². The van der Waals surface area contributed by atoms with E-state index in [1.54, 1.807) is 43.7 Å². The molecule has 2 heterocycles. The quantitative estimate of drug-likeness (QED) is 0.301. The van der Waals surface area contributed by atoms with Crippen molar-refractivity contribution in [3.8, 4) is 11.5 Å². The lowest BCUT2D eigenvalue weighted by Gasteiger charge is -2.24. The first-order valence-electron chi connectivity index (χ1n) is 11.2. The van der Waals surface area contributed by atoms with Crippen LogP contribution in [0.2, 0.25) is 0 Å². The molecule has 1 aliphatic rings. The summed E-state index contributed by atoms with van der Waals surface area (Å²) >= 11 is 4.79. The van der Waals surface area contributed by atoms with Gasteiger partial charge in [-0.2, -0.15) is 0 Å². The standard InChI is InChI=1S/C27H25BrN2O5S/c1-5-12-35-24-19(28)13-17(14-20(24)33-4)15-21-25(31)30-23(18-10-8-7-9-11-18)22(26(32)34-6-2)16(3)29-27(30)36-21/h5,7-11,13-15,23H,1,6,12H2,2-4H3/b21-15-/t23-/m0/s1. The lowest BCUT2D eigenvalue weighted by Crippen LogP contribution is -2.39. The van der Waals surface area contributed by atoms with Crippen LogP contribution in [0, 0.1) is 0 Å². The van der Waals surface area contributed by atoms with Gasteiger partial charge in [0.05, 0.1) is 40.0 Å². The monoisotopic (exact) mass is 568 g/mol. The second-order valence-corrected chi connectivity index (χ2v) is 9.71. The molecule has 0 unspecified atom stereocenters. The number of thiazole rings is 1. The van der Waals surface area contributed by atoms with Crippen molar-refractivity contribution in [2.75, 3.05) is 20.3 Å². The Kier molecular flexibility index (Phi) is 7.91. The highest BCUT2D eigenvalue weighted by atomic mass is 79.9. The Morgan fingerprint density at radius 2 is 2.03 bits per heavy atom. The SMILES string of the molecule is C=CCOc1c(Br)cc(/C=c2\sc3n(c2=O)[C@@H](c2ccccc2)C(C(=O)OCC)=C(C)N=3)cc1OC. The van der Waals surface area contributed by atoms with Crippen molar-refractivity contribution >= 4 is 39.3 Å². The van der Waals surface area contributed by atoms with Gasteiger partial charge in [-0.05, 0) is 59.1 Å². The first-order chi connectivity index (χ1) is 17.4. The van der Waals surface area contributed by atoms with Crippen molar-refractivity contribution in [1.29, 1.82) is 0 Å². The summed E-state index contributed by atoms with van der Waals surface area (Å²) in [7, 11) is 1.56. The van der Waals surface area contributed by atoms with Gasteiger partial charge >= 0.3 is 5.97 Å². The number of fused-ring (bicyclic) bond motifs is 1. The normalized spacial score (nSPS) is 15.2. The molecule has 0 fully saturated rings. The number of nitrogens with zero attached hydrogens (tertiary/aromatic N) is 2. The first kappa shape index (κ1) is 25.7. The molecular formula is C27H25BrN2O5S. The molecular weight excluding hydrogens is 544 g/mol. The van der Waals surface area contributed by atoms with E-state index in [0.717, 1.165) is 11.1 Å². The van der Waals surface area contributed by atoms with Gasteiger partial charge in [0, 0.05) is 0 Å². The Labute approximate surface area is 220 Å². The van der Waals surface area contributed by atoms with Crippen molar-refractivity contribution in [2.45, 2.75) is 19.9 Å². The molecule has 0 saturated carbocycles. The number of allylic oxidation sites excluding steroid dienone is 1. The van der Waals surface area contributed by atoms with Gasteiger partial charge in [-0.15, -0.1) is 0 Å². The van der Waals surface area contributed by atoms with Gasteiger partial charge in [0.25, 0.3) is 5.56 Å². The fourth-order valence-electron chi connectivity index (χ4n) is 4.00. The van der Waals surface area contributed by atoms with E-state index in [4.69, 9.17) is 14.2 Å². The average Bonchev–Trinajstić information content (AvgIpc) is 3.17.